The Balaban J connectivity index is 1.47. The summed E-state index contributed by atoms with van der Waals surface area (Å²) in [6, 6.07) is 10.3. The highest BCUT2D eigenvalue weighted by Crippen LogP contribution is 2.21. The molecule has 11 nitrogen and oxygen atoms in total. The summed E-state index contributed by atoms with van der Waals surface area (Å²) in [6.07, 6.45) is 0. The molecule has 4 aromatic rings. The van der Waals surface area contributed by atoms with Crippen molar-refractivity contribution < 1.29 is 33.4 Å². The van der Waals surface area contributed by atoms with Crippen LogP contribution in [0.3, 0.4) is 0 Å². The summed E-state index contributed by atoms with van der Waals surface area (Å²) in [5.41, 5.74) is 2.49. The monoisotopic (exact) mass is 570 g/mol. The van der Waals surface area contributed by atoms with Crippen LogP contribution in [0.1, 0.15) is 34.6 Å². The summed E-state index contributed by atoms with van der Waals surface area (Å²) < 4.78 is 20.1. The minimum absolute atomic E-state index is 0.394. The van der Waals surface area contributed by atoms with Crippen molar-refractivity contribution in [1.82, 2.24) is 9.13 Å². The van der Waals surface area contributed by atoms with Crippen LogP contribution >= 0.6 is 22.7 Å². The van der Waals surface area contributed by atoms with Crippen LogP contribution < -0.4 is 9.60 Å². The van der Waals surface area contributed by atoms with Crippen LogP contribution in [-0.2, 0) is 36.9 Å². The number of benzene rings is 2. The lowest BCUT2D eigenvalue weighted by molar-refractivity contribution is -0.127. The van der Waals surface area contributed by atoms with Gasteiger partial charge in [-0.15, -0.1) is 0 Å². The Hall–Kier alpha value is -3.94. The number of hydrogen-bond donors (Lipinski definition) is 0. The number of esters is 2. The zero-order chi connectivity index (χ0) is 28.1. The molecule has 0 aliphatic carbocycles. The molecular weight excluding hydrogens is 544 g/mol. The van der Waals surface area contributed by atoms with E-state index in [1.165, 1.54) is 36.9 Å². The topological polar surface area (TPSA) is 131 Å². The van der Waals surface area contributed by atoms with Crippen LogP contribution in [0.5, 0.6) is 0 Å². The molecule has 2 amide bonds. The molecule has 0 aliphatic heterocycles. The number of aromatic nitrogens is 2. The molecule has 13 heteroatoms. The van der Waals surface area contributed by atoms with Crippen LogP contribution in [0.15, 0.2) is 46.4 Å². The maximum absolute atomic E-state index is 12.5. The Morgan fingerprint density at radius 2 is 1.13 bits per heavy atom. The van der Waals surface area contributed by atoms with Gasteiger partial charge < -0.3 is 23.3 Å². The maximum atomic E-state index is 12.5. The number of carbonyl (C=O) groups excluding carboxylic acids is 4. The number of aryl methyl sites for hydroxylation is 2. The van der Waals surface area contributed by atoms with Crippen molar-refractivity contribution in [2.45, 2.75) is 26.9 Å². The first-order valence-corrected chi connectivity index (χ1v) is 13.6. The summed E-state index contributed by atoms with van der Waals surface area (Å²) >= 11 is 2.53. The van der Waals surface area contributed by atoms with E-state index >= 15 is 0 Å². The van der Waals surface area contributed by atoms with E-state index in [1.54, 1.807) is 36.4 Å². The third kappa shape index (κ3) is 6.05. The highest BCUT2D eigenvalue weighted by Gasteiger charge is 2.13. The van der Waals surface area contributed by atoms with Crippen molar-refractivity contribution >= 4 is 66.9 Å². The van der Waals surface area contributed by atoms with E-state index in [4.69, 9.17) is 14.2 Å². The molecule has 2 aromatic heterocycles. The van der Waals surface area contributed by atoms with Crippen LogP contribution in [0.4, 0.5) is 0 Å². The van der Waals surface area contributed by atoms with Gasteiger partial charge in [-0.3, -0.25) is 9.59 Å². The van der Waals surface area contributed by atoms with Gasteiger partial charge in [-0.25, -0.2) is 9.59 Å². The first kappa shape index (κ1) is 28.1. The molecule has 2 heterocycles. The van der Waals surface area contributed by atoms with E-state index in [-0.39, 0.29) is 0 Å². The number of ether oxygens (including phenoxy) is 3. The quantitative estimate of drug-likeness (QED) is 0.298. The molecule has 0 atom stereocenters. The standard InChI is InChI=1S/C26H26N4O7S2/c1-5-29-17-9-7-15(23(33)35-3)11-19(17)38-25(29)27-21(31)13-37-14-22(32)28-26-30(6-2)18-10-8-16(24(34)36-4)12-20(18)39-26/h7-12H,5-6,13-14H2,1-4H3. The summed E-state index contributed by atoms with van der Waals surface area (Å²) in [5, 5.41) is 0. The number of nitrogens with zero attached hydrogens (tertiary/aromatic N) is 4. The van der Waals surface area contributed by atoms with Gasteiger partial charge in [-0.1, -0.05) is 22.7 Å². The van der Waals surface area contributed by atoms with Gasteiger partial charge in [0.2, 0.25) is 0 Å². The van der Waals surface area contributed by atoms with Crippen LogP contribution in [0.2, 0.25) is 0 Å². The van der Waals surface area contributed by atoms with Crippen molar-refractivity contribution in [3.63, 3.8) is 0 Å². The van der Waals surface area contributed by atoms with E-state index in [2.05, 4.69) is 9.98 Å². The molecule has 39 heavy (non-hydrogen) atoms. The van der Waals surface area contributed by atoms with Crippen LogP contribution in [0.25, 0.3) is 20.4 Å². The maximum Gasteiger partial charge on any atom is 0.337 e. The Labute approximate surface area is 230 Å². The minimum Gasteiger partial charge on any atom is -0.465 e. The van der Waals surface area contributed by atoms with Gasteiger partial charge in [0, 0.05) is 13.1 Å². The molecular formula is C26H26N4O7S2. The van der Waals surface area contributed by atoms with E-state index in [9.17, 15) is 19.2 Å². The Bertz CT molecular complexity index is 1600. The zero-order valence-electron chi connectivity index (χ0n) is 21.8. The fourth-order valence-corrected chi connectivity index (χ4v) is 6.22. The molecule has 0 fully saturated rings. The Morgan fingerprint density at radius 3 is 1.49 bits per heavy atom. The third-order valence-electron chi connectivity index (χ3n) is 5.73. The van der Waals surface area contributed by atoms with Crippen molar-refractivity contribution in [3.05, 3.63) is 57.1 Å². The molecule has 0 saturated carbocycles. The summed E-state index contributed by atoms with van der Waals surface area (Å²) in [7, 11) is 2.63. The van der Waals surface area contributed by atoms with E-state index in [0.717, 1.165) is 20.4 Å². The number of carbonyl (C=O) groups is 4. The van der Waals surface area contributed by atoms with Gasteiger partial charge in [-0.05, 0) is 50.2 Å². The van der Waals surface area contributed by atoms with E-state index in [0.29, 0.717) is 33.8 Å². The highest BCUT2D eigenvalue weighted by atomic mass is 32.1. The first-order valence-electron chi connectivity index (χ1n) is 12.0. The Morgan fingerprint density at radius 1 is 0.718 bits per heavy atom. The first-order chi connectivity index (χ1) is 18.8. The van der Waals surface area contributed by atoms with Crippen LogP contribution in [-0.4, -0.2) is 60.3 Å². The molecule has 0 bridgehead atoms. The van der Waals surface area contributed by atoms with Crippen molar-refractivity contribution in [2.75, 3.05) is 27.4 Å². The number of hydrogen-bond acceptors (Lipinski definition) is 9. The molecule has 4 rings (SSSR count). The normalized spacial score (nSPS) is 12.3. The van der Waals surface area contributed by atoms with Gasteiger partial charge in [-0.2, -0.15) is 9.98 Å². The molecule has 0 unspecified atom stereocenters. The lowest BCUT2D eigenvalue weighted by Gasteiger charge is -2.02. The summed E-state index contributed by atoms with van der Waals surface area (Å²) in [6.45, 7) is 4.19. The average Bonchev–Trinajstić information content (AvgIpc) is 3.46. The Kier molecular flexibility index (Phi) is 8.84. The predicted molar refractivity (Wildman–Crippen MR) is 146 cm³/mol. The lowest BCUT2D eigenvalue weighted by atomic mass is 10.2. The van der Waals surface area contributed by atoms with Gasteiger partial charge >= 0.3 is 11.9 Å². The largest absolute Gasteiger partial charge is 0.465 e. The molecule has 0 saturated heterocycles. The van der Waals surface area contributed by atoms with E-state index < -0.39 is 37.0 Å². The number of thiazole rings is 2. The van der Waals surface area contributed by atoms with Crippen molar-refractivity contribution in [1.29, 1.82) is 0 Å². The molecule has 0 radical (unpaired) electrons. The second-order valence-corrected chi connectivity index (χ2v) is 10.1. The molecule has 204 valence electrons. The molecule has 2 aromatic carbocycles. The number of amides is 2. The fraction of sp³-hybridized carbons (Fsp3) is 0.308. The molecule has 0 N–H and O–H groups in total. The van der Waals surface area contributed by atoms with Crippen molar-refractivity contribution in [3.8, 4) is 0 Å². The zero-order valence-corrected chi connectivity index (χ0v) is 23.4. The van der Waals surface area contributed by atoms with Gasteiger partial charge in [0.25, 0.3) is 11.8 Å². The molecule has 0 aliphatic rings. The molecule has 0 spiro atoms. The number of fused-ring (bicyclic) bond motifs is 2. The second-order valence-electron chi connectivity index (χ2n) is 8.11. The minimum atomic E-state index is -0.550. The number of rotatable bonds is 8. The third-order valence-corrected chi connectivity index (χ3v) is 7.81. The van der Waals surface area contributed by atoms with Crippen LogP contribution in [0, 0.1) is 0 Å². The number of methoxy groups -OCH3 is 2. The van der Waals surface area contributed by atoms with E-state index in [1.807, 2.05) is 23.0 Å². The van der Waals surface area contributed by atoms with Gasteiger partial charge in [0.05, 0.1) is 45.8 Å². The summed E-state index contributed by atoms with van der Waals surface area (Å²) in [4.78, 5) is 57.9. The lowest BCUT2D eigenvalue weighted by Crippen LogP contribution is -2.20. The second kappa shape index (κ2) is 12.3. The average molecular weight is 571 g/mol. The van der Waals surface area contributed by atoms with Crippen molar-refractivity contribution in [2.24, 2.45) is 9.98 Å². The van der Waals surface area contributed by atoms with Gasteiger partial charge in [0.1, 0.15) is 13.2 Å². The van der Waals surface area contributed by atoms with Gasteiger partial charge in [0.15, 0.2) is 9.60 Å². The highest BCUT2D eigenvalue weighted by molar-refractivity contribution is 7.16. The SMILES string of the molecule is CCn1c(=NC(=O)COCC(=O)N=c2sc3cc(C(=O)OC)ccc3n2CC)sc2cc(C(=O)OC)ccc21. The summed E-state index contributed by atoms with van der Waals surface area (Å²) in [5.74, 6) is -1.99. The fourth-order valence-electron chi connectivity index (χ4n) is 3.92. The predicted octanol–water partition coefficient (Wildman–Crippen LogP) is 2.90. The smallest absolute Gasteiger partial charge is 0.337 e.